The lowest BCUT2D eigenvalue weighted by atomic mass is 10.2. The standard InChI is InChI=1S/C14H20O3/c1-3-10-16-13-6-8-14(9-7-13)17-11-4-5-12(2)15/h6-9H,3-5,10-11H2,1-2H3. The van der Waals surface area contributed by atoms with Crippen LogP contribution in [-0.4, -0.2) is 19.0 Å². The molecule has 0 bridgehead atoms. The zero-order valence-corrected chi connectivity index (χ0v) is 10.6. The van der Waals surface area contributed by atoms with Crippen LogP contribution in [0.3, 0.4) is 0 Å². The fourth-order valence-corrected chi connectivity index (χ4v) is 1.36. The zero-order valence-electron chi connectivity index (χ0n) is 10.6. The largest absolute Gasteiger partial charge is 0.494 e. The molecule has 0 atom stereocenters. The predicted octanol–water partition coefficient (Wildman–Crippen LogP) is 3.22. The smallest absolute Gasteiger partial charge is 0.129 e. The molecule has 0 heterocycles. The molecule has 0 aliphatic rings. The maximum atomic E-state index is 10.7. The summed E-state index contributed by atoms with van der Waals surface area (Å²) < 4.78 is 11.0. The first kappa shape index (κ1) is 13.6. The van der Waals surface area contributed by atoms with Gasteiger partial charge in [0.1, 0.15) is 17.3 Å². The molecule has 0 saturated heterocycles. The predicted molar refractivity (Wildman–Crippen MR) is 67.6 cm³/mol. The molecule has 0 aliphatic carbocycles. The molecule has 0 N–H and O–H groups in total. The van der Waals surface area contributed by atoms with E-state index in [0.29, 0.717) is 13.0 Å². The van der Waals surface area contributed by atoms with E-state index < -0.39 is 0 Å². The Bertz CT molecular complexity index is 330. The molecule has 0 aliphatic heterocycles. The van der Waals surface area contributed by atoms with Crippen molar-refractivity contribution in [1.82, 2.24) is 0 Å². The molecule has 1 aromatic rings. The first-order valence-electron chi connectivity index (χ1n) is 6.07. The van der Waals surface area contributed by atoms with Gasteiger partial charge in [0.15, 0.2) is 0 Å². The van der Waals surface area contributed by atoms with Crippen LogP contribution in [0.4, 0.5) is 0 Å². The minimum absolute atomic E-state index is 0.205. The number of carbonyl (C=O) groups is 1. The molecule has 0 fully saturated rings. The summed E-state index contributed by atoms with van der Waals surface area (Å²) in [6.45, 7) is 4.99. The number of ether oxygens (including phenoxy) is 2. The summed E-state index contributed by atoms with van der Waals surface area (Å²) in [6, 6.07) is 7.57. The maximum Gasteiger partial charge on any atom is 0.129 e. The summed E-state index contributed by atoms with van der Waals surface area (Å²) in [6.07, 6.45) is 2.35. The van der Waals surface area contributed by atoms with Crippen LogP contribution < -0.4 is 9.47 Å². The van der Waals surface area contributed by atoms with Crippen molar-refractivity contribution < 1.29 is 14.3 Å². The summed E-state index contributed by atoms with van der Waals surface area (Å²) in [4.78, 5) is 10.7. The quantitative estimate of drug-likeness (QED) is 0.650. The fraction of sp³-hybridized carbons (Fsp3) is 0.500. The molecule has 0 amide bonds. The molecule has 17 heavy (non-hydrogen) atoms. The molecular formula is C14H20O3. The molecule has 0 unspecified atom stereocenters. The van der Waals surface area contributed by atoms with Gasteiger partial charge < -0.3 is 14.3 Å². The van der Waals surface area contributed by atoms with Gasteiger partial charge in [0, 0.05) is 6.42 Å². The topological polar surface area (TPSA) is 35.5 Å². The molecule has 94 valence electrons. The molecule has 3 nitrogen and oxygen atoms in total. The lowest BCUT2D eigenvalue weighted by Crippen LogP contribution is -2.00. The van der Waals surface area contributed by atoms with E-state index in [2.05, 4.69) is 6.92 Å². The Morgan fingerprint density at radius 2 is 1.59 bits per heavy atom. The van der Waals surface area contributed by atoms with Crippen molar-refractivity contribution in [3.05, 3.63) is 24.3 Å². The highest BCUT2D eigenvalue weighted by Gasteiger charge is 1.97. The van der Waals surface area contributed by atoms with Gasteiger partial charge in [-0.3, -0.25) is 0 Å². The van der Waals surface area contributed by atoms with Crippen LogP contribution in [0.1, 0.15) is 33.1 Å². The van der Waals surface area contributed by atoms with E-state index in [-0.39, 0.29) is 5.78 Å². The van der Waals surface area contributed by atoms with Crippen molar-refractivity contribution in [3.63, 3.8) is 0 Å². The van der Waals surface area contributed by atoms with Crippen LogP contribution in [0.15, 0.2) is 24.3 Å². The van der Waals surface area contributed by atoms with Gasteiger partial charge in [-0.25, -0.2) is 0 Å². The van der Waals surface area contributed by atoms with Crippen molar-refractivity contribution in [2.45, 2.75) is 33.1 Å². The molecule has 0 radical (unpaired) electrons. The van der Waals surface area contributed by atoms with Gasteiger partial charge >= 0.3 is 0 Å². The average molecular weight is 236 g/mol. The van der Waals surface area contributed by atoms with Crippen LogP contribution in [0.2, 0.25) is 0 Å². The van der Waals surface area contributed by atoms with Crippen LogP contribution in [0, 0.1) is 0 Å². The van der Waals surface area contributed by atoms with E-state index in [9.17, 15) is 4.79 Å². The van der Waals surface area contributed by atoms with Gasteiger partial charge in [-0.15, -0.1) is 0 Å². The molecule has 3 heteroatoms. The number of hydrogen-bond acceptors (Lipinski definition) is 3. The lowest BCUT2D eigenvalue weighted by molar-refractivity contribution is -0.117. The van der Waals surface area contributed by atoms with E-state index in [0.717, 1.165) is 30.9 Å². The Labute approximate surface area is 103 Å². The number of Topliss-reactive ketones (excluding diaryl/α,β-unsaturated/α-hetero) is 1. The molecule has 0 saturated carbocycles. The van der Waals surface area contributed by atoms with Crippen molar-refractivity contribution in [2.75, 3.05) is 13.2 Å². The van der Waals surface area contributed by atoms with Crippen LogP contribution in [-0.2, 0) is 4.79 Å². The third-order valence-electron chi connectivity index (χ3n) is 2.24. The third kappa shape index (κ3) is 5.95. The second kappa shape index (κ2) is 7.71. The van der Waals surface area contributed by atoms with Crippen LogP contribution in [0.25, 0.3) is 0 Å². The van der Waals surface area contributed by atoms with Crippen molar-refractivity contribution >= 4 is 5.78 Å². The summed E-state index contributed by atoms with van der Waals surface area (Å²) in [5, 5.41) is 0. The second-order valence-corrected chi connectivity index (χ2v) is 3.97. The number of hydrogen-bond donors (Lipinski definition) is 0. The van der Waals surface area contributed by atoms with Crippen molar-refractivity contribution in [1.29, 1.82) is 0 Å². The number of benzene rings is 1. The van der Waals surface area contributed by atoms with E-state index in [1.807, 2.05) is 24.3 Å². The highest BCUT2D eigenvalue weighted by molar-refractivity contribution is 5.75. The van der Waals surface area contributed by atoms with E-state index in [1.165, 1.54) is 0 Å². The molecule has 0 spiro atoms. The highest BCUT2D eigenvalue weighted by Crippen LogP contribution is 2.17. The van der Waals surface area contributed by atoms with Gasteiger partial charge in [-0.2, -0.15) is 0 Å². The summed E-state index contributed by atoms with van der Waals surface area (Å²) in [7, 11) is 0. The van der Waals surface area contributed by atoms with E-state index >= 15 is 0 Å². The minimum atomic E-state index is 0.205. The normalized spacial score (nSPS) is 10.0. The molecule has 1 aromatic carbocycles. The minimum Gasteiger partial charge on any atom is -0.494 e. The SMILES string of the molecule is CCCOc1ccc(OCCCC(C)=O)cc1. The molecule has 0 aromatic heterocycles. The Morgan fingerprint density at radius 1 is 1.06 bits per heavy atom. The van der Waals surface area contributed by atoms with Crippen molar-refractivity contribution in [3.8, 4) is 11.5 Å². The molecular weight excluding hydrogens is 216 g/mol. The summed E-state index contributed by atoms with van der Waals surface area (Å²) in [5.74, 6) is 1.89. The average Bonchev–Trinajstić information content (AvgIpc) is 2.33. The van der Waals surface area contributed by atoms with Gasteiger partial charge in [-0.05, 0) is 44.0 Å². The number of rotatable bonds is 8. The number of carbonyl (C=O) groups excluding carboxylic acids is 1. The van der Waals surface area contributed by atoms with Gasteiger partial charge in [-0.1, -0.05) is 6.92 Å². The lowest BCUT2D eigenvalue weighted by Gasteiger charge is -2.07. The van der Waals surface area contributed by atoms with Gasteiger partial charge in [0.2, 0.25) is 0 Å². The fourth-order valence-electron chi connectivity index (χ4n) is 1.36. The van der Waals surface area contributed by atoms with Crippen LogP contribution >= 0.6 is 0 Å². The van der Waals surface area contributed by atoms with Gasteiger partial charge in [0.25, 0.3) is 0 Å². The van der Waals surface area contributed by atoms with E-state index in [4.69, 9.17) is 9.47 Å². The van der Waals surface area contributed by atoms with Gasteiger partial charge in [0.05, 0.1) is 13.2 Å². The van der Waals surface area contributed by atoms with Crippen molar-refractivity contribution in [2.24, 2.45) is 0 Å². The summed E-state index contributed by atoms with van der Waals surface area (Å²) in [5.41, 5.74) is 0. The Hall–Kier alpha value is -1.51. The first-order chi connectivity index (χ1) is 8.22. The van der Waals surface area contributed by atoms with Crippen LogP contribution in [0.5, 0.6) is 11.5 Å². The Kier molecular flexibility index (Phi) is 6.15. The number of ketones is 1. The third-order valence-corrected chi connectivity index (χ3v) is 2.24. The monoisotopic (exact) mass is 236 g/mol. The molecule has 1 rings (SSSR count). The Balaban J connectivity index is 2.27. The summed E-state index contributed by atoms with van der Waals surface area (Å²) >= 11 is 0. The second-order valence-electron chi connectivity index (χ2n) is 3.97. The zero-order chi connectivity index (χ0) is 12.5. The first-order valence-corrected chi connectivity index (χ1v) is 6.07. The highest BCUT2D eigenvalue weighted by atomic mass is 16.5. The maximum absolute atomic E-state index is 10.7. The van der Waals surface area contributed by atoms with E-state index in [1.54, 1.807) is 6.92 Å². The Morgan fingerprint density at radius 3 is 2.06 bits per heavy atom.